The number of hydrogen-bond donors (Lipinski definition) is 1. The lowest BCUT2D eigenvalue weighted by Crippen LogP contribution is -2.46. The van der Waals surface area contributed by atoms with E-state index in [1.807, 2.05) is 72.3 Å². The van der Waals surface area contributed by atoms with Crippen molar-refractivity contribution in [3.8, 4) is 5.69 Å². The van der Waals surface area contributed by atoms with Gasteiger partial charge >= 0.3 is 0 Å². The van der Waals surface area contributed by atoms with Crippen molar-refractivity contribution in [2.24, 2.45) is 9.98 Å². The van der Waals surface area contributed by atoms with Gasteiger partial charge in [-0.2, -0.15) is 5.10 Å². The van der Waals surface area contributed by atoms with Crippen LogP contribution in [0.5, 0.6) is 0 Å². The summed E-state index contributed by atoms with van der Waals surface area (Å²) in [7, 11) is 0. The third kappa shape index (κ3) is 4.23. The molecule has 1 atom stereocenters. The summed E-state index contributed by atoms with van der Waals surface area (Å²) in [6.07, 6.45) is 0. The summed E-state index contributed by atoms with van der Waals surface area (Å²) >= 11 is 0. The van der Waals surface area contributed by atoms with E-state index in [2.05, 4.69) is 42.3 Å². The molecule has 3 heterocycles. The molecule has 2 aliphatic rings. The molecule has 1 aromatic heterocycles. The van der Waals surface area contributed by atoms with Gasteiger partial charge in [0.2, 0.25) is 0 Å². The minimum Gasteiger partial charge on any atom is -0.337 e. The van der Waals surface area contributed by atoms with Crippen LogP contribution >= 0.6 is 0 Å². The van der Waals surface area contributed by atoms with Crippen LogP contribution in [0.15, 0.2) is 107 Å². The monoisotopic (exact) mass is 553 g/mol. The van der Waals surface area contributed by atoms with E-state index in [1.54, 1.807) is 12.1 Å². The van der Waals surface area contributed by atoms with Crippen LogP contribution in [0.3, 0.4) is 0 Å². The summed E-state index contributed by atoms with van der Waals surface area (Å²) < 4.78 is 1.84. The van der Waals surface area contributed by atoms with Crippen molar-refractivity contribution < 1.29 is 4.92 Å². The van der Waals surface area contributed by atoms with Gasteiger partial charge in [0.15, 0.2) is 17.5 Å². The van der Waals surface area contributed by atoms with Gasteiger partial charge in [0.25, 0.3) is 5.69 Å². The maximum Gasteiger partial charge on any atom is 0.269 e. The van der Waals surface area contributed by atoms with Gasteiger partial charge in [-0.15, -0.1) is 0 Å². The molecule has 0 saturated heterocycles. The normalized spacial score (nSPS) is 15.2. The maximum absolute atomic E-state index is 11.9. The summed E-state index contributed by atoms with van der Waals surface area (Å²) in [5, 5.41) is 20.3. The molecule has 0 radical (unpaired) electrons. The van der Waals surface area contributed by atoms with Crippen LogP contribution < -0.4 is 10.2 Å². The highest BCUT2D eigenvalue weighted by Gasteiger charge is 2.41. The largest absolute Gasteiger partial charge is 0.337 e. The zero-order chi connectivity index (χ0) is 29.0. The molecule has 0 unspecified atom stereocenters. The van der Waals surface area contributed by atoms with Crippen molar-refractivity contribution in [2.45, 2.75) is 26.8 Å². The lowest BCUT2D eigenvalue weighted by molar-refractivity contribution is -0.384. The van der Waals surface area contributed by atoms with Crippen molar-refractivity contribution in [2.75, 3.05) is 10.2 Å². The number of nitro groups is 1. The Bertz CT molecular complexity index is 1920. The van der Waals surface area contributed by atoms with E-state index in [-0.39, 0.29) is 10.6 Å². The number of rotatable bonds is 4. The predicted octanol–water partition coefficient (Wildman–Crippen LogP) is 7.50. The van der Waals surface area contributed by atoms with Crippen molar-refractivity contribution in [1.82, 2.24) is 9.78 Å². The number of para-hydroxylation sites is 3. The van der Waals surface area contributed by atoms with Crippen LogP contribution in [0.2, 0.25) is 0 Å². The summed E-state index contributed by atoms with van der Waals surface area (Å²) in [6.45, 7) is 6.08. The predicted molar refractivity (Wildman–Crippen MR) is 166 cm³/mol. The fraction of sp³-hybridized carbons (Fsp3) is 0.121. The summed E-state index contributed by atoms with van der Waals surface area (Å²) in [4.78, 5) is 23.9. The number of aromatic nitrogens is 2. The van der Waals surface area contributed by atoms with Gasteiger partial charge in [-0.25, -0.2) is 14.7 Å². The molecule has 4 aromatic carbocycles. The summed E-state index contributed by atoms with van der Waals surface area (Å²) in [5.41, 5.74) is 8.12. The molecule has 0 saturated carbocycles. The molecule has 0 bridgehead atoms. The Morgan fingerprint density at radius 1 is 0.833 bits per heavy atom. The van der Waals surface area contributed by atoms with E-state index in [4.69, 9.17) is 15.1 Å². The number of amidine groups is 2. The highest BCUT2D eigenvalue weighted by molar-refractivity contribution is 6.51. The topological polar surface area (TPSA) is 101 Å². The van der Waals surface area contributed by atoms with E-state index in [1.165, 1.54) is 6.07 Å². The zero-order valence-electron chi connectivity index (χ0n) is 23.3. The molecule has 2 aliphatic heterocycles. The number of nitrogens with zero attached hydrogens (tertiary/aromatic N) is 6. The number of non-ortho nitro benzene ring substituents is 1. The van der Waals surface area contributed by atoms with Crippen LogP contribution in [-0.4, -0.2) is 26.4 Å². The van der Waals surface area contributed by atoms with E-state index in [9.17, 15) is 10.1 Å². The first-order chi connectivity index (χ1) is 20.4. The van der Waals surface area contributed by atoms with Gasteiger partial charge in [0.05, 0.1) is 33.7 Å². The van der Waals surface area contributed by atoms with Crippen LogP contribution in [0.1, 0.15) is 34.0 Å². The molecule has 7 rings (SSSR count). The molecule has 42 heavy (non-hydrogen) atoms. The maximum atomic E-state index is 11.9. The smallest absolute Gasteiger partial charge is 0.269 e. The number of fused-ring (bicyclic) bond motifs is 4. The number of hydrogen-bond acceptors (Lipinski definition) is 7. The number of nitro benzene ring substituents is 1. The number of aliphatic imine (C=N–C) groups is 2. The number of anilines is 2. The Morgan fingerprint density at radius 2 is 1.57 bits per heavy atom. The molecule has 1 N–H and O–H groups in total. The first-order valence-corrected chi connectivity index (χ1v) is 13.7. The van der Waals surface area contributed by atoms with E-state index < -0.39 is 6.04 Å². The molecule has 0 aliphatic carbocycles. The Balaban J connectivity index is 1.51. The highest BCUT2D eigenvalue weighted by atomic mass is 16.6. The summed E-state index contributed by atoms with van der Waals surface area (Å²) in [6, 6.07) is 30.4. The zero-order valence-corrected chi connectivity index (χ0v) is 23.3. The molecule has 0 fully saturated rings. The van der Waals surface area contributed by atoms with Gasteiger partial charge in [-0.05, 0) is 73.9 Å². The number of benzene rings is 4. The minimum atomic E-state index is -0.447. The van der Waals surface area contributed by atoms with E-state index >= 15 is 0 Å². The fourth-order valence-corrected chi connectivity index (χ4v) is 5.85. The van der Waals surface area contributed by atoms with Gasteiger partial charge in [-0.1, -0.05) is 48.5 Å². The molecule has 9 nitrogen and oxygen atoms in total. The van der Waals surface area contributed by atoms with Gasteiger partial charge < -0.3 is 10.2 Å². The lowest BCUT2D eigenvalue weighted by Gasteiger charge is -2.40. The van der Waals surface area contributed by atoms with Crippen molar-refractivity contribution >= 4 is 40.2 Å². The minimum absolute atomic E-state index is 0.0266. The SMILES string of the molecule is Cc1cc(C)cc(NC2=Nc3ccccc3N3C2=Nc2c(c(C)nn2-c2ccccc2)[C@@H]3c2cccc([N+](=O)[O-])c2)c1. The van der Waals surface area contributed by atoms with E-state index in [0.29, 0.717) is 17.5 Å². The first kappa shape index (κ1) is 25.4. The third-order valence-electron chi connectivity index (χ3n) is 7.52. The number of aryl methyl sites for hydroxylation is 3. The van der Waals surface area contributed by atoms with Gasteiger partial charge in [-0.3, -0.25) is 10.1 Å². The van der Waals surface area contributed by atoms with Crippen molar-refractivity contribution in [3.63, 3.8) is 0 Å². The van der Waals surface area contributed by atoms with Gasteiger partial charge in [0, 0.05) is 23.4 Å². The molecular formula is C33H27N7O2. The Hall–Kier alpha value is -5.57. The van der Waals surface area contributed by atoms with Crippen LogP contribution in [0.25, 0.3) is 5.69 Å². The first-order valence-electron chi connectivity index (χ1n) is 13.7. The second-order valence-corrected chi connectivity index (χ2v) is 10.6. The molecule has 5 aromatic rings. The second kappa shape index (κ2) is 9.81. The van der Waals surface area contributed by atoms with Crippen LogP contribution in [-0.2, 0) is 0 Å². The van der Waals surface area contributed by atoms with Crippen molar-refractivity contribution in [1.29, 1.82) is 0 Å². The third-order valence-corrected chi connectivity index (χ3v) is 7.52. The Morgan fingerprint density at radius 3 is 2.33 bits per heavy atom. The Kier molecular flexibility index (Phi) is 5.93. The molecule has 0 amide bonds. The average Bonchev–Trinajstić information content (AvgIpc) is 3.32. The van der Waals surface area contributed by atoms with Crippen molar-refractivity contribution in [3.05, 3.63) is 135 Å². The quantitative estimate of drug-likeness (QED) is 0.183. The summed E-state index contributed by atoms with van der Waals surface area (Å²) in [5.74, 6) is 1.85. The fourth-order valence-electron chi connectivity index (χ4n) is 5.85. The highest BCUT2D eigenvalue weighted by Crippen LogP contribution is 2.48. The lowest BCUT2D eigenvalue weighted by atomic mass is 9.93. The number of nitrogens with one attached hydrogen (secondary N) is 1. The average molecular weight is 554 g/mol. The van der Waals surface area contributed by atoms with Gasteiger partial charge in [0.1, 0.15) is 0 Å². The Labute approximate surface area is 242 Å². The van der Waals surface area contributed by atoms with Crippen LogP contribution in [0.4, 0.5) is 28.6 Å². The molecule has 0 spiro atoms. The molecule has 206 valence electrons. The van der Waals surface area contributed by atoms with Crippen LogP contribution in [0, 0.1) is 30.9 Å². The molecule has 9 heteroatoms. The second-order valence-electron chi connectivity index (χ2n) is 10.6. The van der Waals surface area contributed by atoms with E-state index in [0.717, 1.165) is 50.7 Å². The standard InChI is InChI=1S/C33H27N7O2/c1-20-16-21(2)18-24(17-20)34-31-33-36-32-29(22(3)37-39(32)25-11-5-4-6-12-25)30(23-10-9-13-26(19-23)40(41)42)38(33)28-15-8-7-14-27(28)35-31/h4-19,30H,1-3H3,(H,34,35)/t30-/m0/s1. The molecular weight excluding hydrogens is 526 g/mol.